The molecule has 3 aliphatic rings. The monoisotopic (exact) mass is 452 g/mol. The number of amides is 1. The summed E-state index contributed by atoms with van der Waals surface area (Å²) in [5.41, 5.74) is 3.24. The zero-order chi connectivity index (χ0) is 22.9. The maximum absolute atomic E-state index is 13.7. The van der Waals surface area contributed by atoms with Crippen molar-refractivity contribution in [3.05, 3.63) is 58.9 Å². The second-order valence-electron chi connectivity index (χ2n) is 8.81. The first-order valence-corrected chi connectivity index (χ1v) is 11.2. The molecule has 5 rings (SSSR count). The van der Waals surface area contributed by atoms with Crippen molar-refractivity contribution in [2.75, 3.05) is 26.4 Å². The lowest BCUT2D eigenvalue weighted by atomic mass is 9.78. The summed E-state index contributed by atoms with van der Waals surface area (Å²) >= 11 is 0. The van der Waals surface area contributed by atoms with Gasteiger partial charge in [-0.1, -0.05) is 0 Å². The van der Waals surface area contributed by atoms with Gasteiger partial charge in [-0.15, -0.1) is 0 Å². The molecule has 3 heterocycles. The van der Waals surface area contributed by atoms with Crippen molar-refractivity contribution in [3.63, 3.8) is 0 Å². The molecule has 33 heavy (non-hydrogen) atoms. The Morgan fingerprint density at radius 3 is 2.82 bits per heavy atom. The summed E-state index contributed by atoms with van der Waals surface area (Å²) in [6.45, 7) is 1.67. The van der Waals surface area contributed by atoms with Crippen LogP contribution in [-0.2, 0) is 11.2 Å². The molecule has 0 spiro atoms. The standard InChI is InChI=1S/C25H25FN2O5/c26-19-2-3-20-16(9-19)5-7-27-21(20)10-18-13-28(8-6-15(18)12-24(29)30)25(31)17-1-4-22-23(11-17)33-14-32-22/h1-4,9,11,15,18H,5-8,10,12-14H2,(H,29,30)/t15-,18-/m0/s1. The Morgan fingerprint density at radius 1 is 1.12 bits per heavy atom. The molecule has 1 fully saturated rings. The molecule has 0 bridgehead atoms. The number of ether oxygens (including phenoxy) is 2. The first-order chi connectivity index (χ1) is 16.0. The van der Waals surface area contributed by atoms with Gasteiger partial charge in [0.05, 0.1) is 0 Å². The van der Waals surface area contributed by atoms with Gasteiger partial charge < -0.3 is 19.5 Å². The minimum Gasteiger partial charge on any atom is -0.481 e. The van der Waals surface area contributed by atoms with E-state index in [9.17, 15) is 19.1 Å². The largest absolute Gasteiger partial charge is 0.481 e. The van der Waals surface area contributed by atoms with E-state index in [2.05, 4.69) is 4.99 Å². The number of fused-ring (bicyclic) bond motifs is 2. The molecule has 0 saturated carbocycles. The summed E-state index contributed by atoms with van der Waals surface area (Å²) in [5, 5.41) is 9.44. The fourth-order valence-electron chi connectivity index (χ4n) is 5.07. The van der Waals surface area contributed by atoms with Crippen LogP contribution in [0.5, 0.6) is 11.5 Å². The van der Waals surface area contributed by atoms with Gasteiger partial charge in [0.1, 0.15) is 5.82 Å². The molecule has 0 aromatic heterocycles. The highest BCUT2D eigenvalue weighted by Gasteiger charge is 2.35. The van der Waals surface area contributed by atoms with E-state index in [1.807, 2.05) is 0 Å². The second kappa shape index (κ2) is 8.84. The van der Waals surface area contributed by atoms with Crippen LogP contribution >= 0.6 is 0 Å². The van der Waals surface area contributed by atoms with Crippen LogP contribution in [0, 0.1) is 17.7 Å². The summed E-state index contributed by atoms with van der Waals surface area (Å²) in [6.07, 6.45) is 1.91. The third-order valence-corrected chi connectivity index (χ3v) is 6.75. The van der Waals surface area contributed by atoms with E-state index in [0.29, 0.717) is 56.0 Å². The van der Waals surface area contributed by atoms with Gasteiger partial charge in [-0.05, 0) is 78.6 Å². The van der Waals surface area contributed by atoms with E-state index in [1.165, 1.54) is 6.07 Å². The Labute approximate surface area is 190 Å². The number of carbonyl (C=O) groups is 2. The molecule has 2 aromatic rings. The zero-order valence-electron chi connectivity index (χ0n) is 18.1. The van der Waals surface area contributed by atoms with E-state index < -0.39 is 5.97 Å². The van der Waals surface area contributed by atoms with Crippen LogP contribution in [0.2, 0.25) is 0 Å². The summed E-state index contributed by atoms with van der Waals surface area (Å²) in [4.78, 5) is 31.2. The number of likely N-dealkylation sites (tertiary alicyclic amines) is 1. The van der Waals surface area contributed by atoms with E-state index >= 15 is 0 Å². The predicted molar refractivity (Wildman–Crippen MR) is 118 cm³/mol. The lowest BCUT2D eigenvalue weighted by molar-refractivity contribution is -0.138. The minimum atomic E-state index is -0.839. The Morgan fingerprint density at radius 2 is 1.97 bits per heavy atom. The molecule has 0 aliphatic carbocycles. The fourth-order valence-corrected chi connectivity index (χ4v) is 5.07. The number of aliphatic imine (C=N–C) groups is 1. The van der Waals surface area contributed by atoms with E-state index in [0.717, 1.165) is 16.8 Å². The van der Waals surface area contributed by atoms with Crippen LogP contribution in [0.3, 0.4) is 0 Å². The third kappa shape index (κ3) is 4.42. The van der Waals surface area contributed by atoms with Crippen LogP contribution < -0.4 is 9.47 Å². The van der Waals surface area contributed by atoms with E-state index in [4.69, 9.17) is 9.47 Å². The second-order valence-corrected chi connectivity index (χ2v) is 8.81. The Kier molecular flexibility index (Phi) is 5.74. The number of nitrogens with zero attached hydrogens (tertiary/aromatic N) is 2. The summed E-state index contributed by atoms with van der Waals surface area (Å²) in [5.74, 6) is -0.154. The number of halogens is 1. The highest BCUT2D eigenvalue weighted by atomic mass is 19.1. The molecular weight excluding hydrogens is 427 g/mol. The first kappa shape index (κ1) is 21.4. The van der Waals surface area contributed by atoms with Crippen LogP contribution in [0.4, 0.5) is 4.39 Å². The van der Waals surface area contributed by atoms with Gasteiger partial charge in [0.15, 0.2) is 11.5 Å². The van der Waals surface area contributed by atoms with Crippen LogP contribution in [0.15, 0.2) is 41.4 Å². The normalized spacial score (nSPS) is 21.4. The number of rotatable bonds is 5. The Hall–Kier alpha value is -3.42. The molecule has 2 aromatic carbocycles. The number of hydrogen-bond acceptors (Lipinski definition) is 5. The van der Waals surface area contributed by atoms with Crippen molar-refractivity contribution in [2.45, 2.75) is 25.7 Å². The van der Waals surface area contributed by atoms with Crippen molar-refractivity contribution >= 4 is 17.6 Å². The van der Waals surface area contributed by atoms with Gasteiger partial charge in [-0.25, -0.2) is 4.39 Å². The van der Waals surface area contributed by atoms with Crippen molar-refractivity contribution in [2.24, 2.45) is 16.8 Å². The number of benzene rings is 2. The molecule has 2 atom stereocenters. The van der Waals surface area contributed by atoms with Crippen LogP contribution in [0.25, 0.3) is 0 Å². The van der Waals surface area contributed by atoms with Crippen molar-refractivity contribution in [3.8, 4) is 11.5 Å². The number of hydrogen-bond donors (Lipinski definition) is 1. The average molecular weight is 452 g/mol. The summed E-state index contributed by atoms with van der Waals surface area (Å²) in [7, 11) is 0. The van der Waals surface area contributed by atoms with Crippen molar-refractivity contribution < 1.29 is 28.6 Å². The number of aliphatic carboxylic acids is 1. The molecule has 1 saturated heterocycles. The maximum atomic E-state index is 13.7. The molecule has 7 nitrogen and oxygen atoms in total. The number of carboxylic acid groups (broad SMARTS) is 1. The Balaban J connectivity index is 1.36. The molecule has 0 unspecified atom stereocenters. The van der Waals surface area contributed by atoms with Gasteiger partial charge in [0.25, 0.3) is 5.91 Å². The highest BCUT2D eigenvalue weighted by Crippen LogP contribution is 2.35. The van der Waals surface area contributed by atoms with Gasteiger partial charge in [-0.3, -0.25) is 14.6 Å². The van der Waals surface area contributed by atoms with Gasteiger partial charge >= 0.3 is 5.97 Å². The number of carboxylic acids is 1. The number of carbonyl (C=O) groups excluding carboxylic acids is 1. The van der Waals surface area contributed by atoms with Gasteiger partial charge in [-0.2, -0.15) is 0 Å². The average Bonchev–Trinajstić information content (AvgIpc) is 3.27. The predicted octanol–water partition coefficient (Wildman–Crippen LogP) is 3.54. The highest BCUT2D eigenvalue weighted by molar-refractivity contribution is 6.03. The molecule has 1 amide bonds. The van der Waals surface area contributed by atoms with Gasteiger partial charge in [0.2, 0.25) is 6.79 Å². The fraction of sp³-hybridized carbons (Fsp3) is 0.400. The minimum absolute atomic E-state index is 0.0532. The van der Waals surface area contributed by atoms with Crippen molar-refractivity contribution in [1.82, 2.24) is 4.90 Å². The molecule has 3 aliphatic heterocycles. The first-order valence-electron chi connectivity index (χ1n) is 11.2. The summed E-state index contributed by atoms with van der Waals surface area (Å²) < 4.78 is 24.4. The van der Waals surface area contributed by atoms with E-state index in [1.54, 1.807) is 35.2 Å². The molecule has 0 radical (unpaired) electrons. The van der Waals surface area contributed by atoms with Crippen LogP contribution in [0.1, 0.15) is 40.7 Å². The molecule has 1 N–H and O–H groups in total. The van der Waals surface area contributed by atoms with Gasteiger partial charge in [0, 0.05) is 37.3 Å². The lowest BCUT2D eigenvalue weighted by Gasteiger charge is -2.39. The van der Waals surface area contributed by atoms with Crippen LogP contribution in [-0.4, -0.2) is 54.0 Å². The maximum Gasteiger partial charge on any atom is 0.303 e. The molecule has 172 valence electrons. The van der Waals surface area contributed by atoms with E-state index in [-0.39, 0.29) is 36.8 Å². The number of piperidine rings is 1. The third-order valence-electron chi connectivity index (χ3n) is 6.75. The lowest BCUT2D eigenvalue weighted by Crippen LogP contribution is -2.45. The molecule has 8 heteroatoms. The van der Waals surface area contributed by atoms with Crippen molar-refractivity contribution in [1.29, 1.82) is 0 Å². The quantitative estimate of drug-likeness (QED) is 0.750. The SMILES string of the molecule is O=C(O)C[C@@H]1CCN(C(=O)c2ccc3c(c2)OCO3)C[C@@H]1CC1=NCCc2cc(F)ccc21. The topological polar surface area (TPSA) is 88.4 Å². The Bertz CT molecular complexity index is 1130. The molecular formula is C25H25FN2O5. The summed E-state index contributed by atoms with van der Waals surface area (Å²) in [6, 6.07) is 9.90. The zero-order valence-corrected chi connectivity index (χ0v) is 18.1. The smallest absolute Gasteiger partial charge is 0.303 e.